The highest BCUT2D eigenvalue weighted by molar-refractivity contribution is 5.72. The highest BCUT2D eigenvalue weighted by atomic mass is 15.1. The number of anilines is 1. The van der Waals surface area contributed by atoms with Gasteiger partial charge >= 0.3 is 0 Å². The lowest BCUT2D eigenvalue weighted by molar-refractivity contribution is 0.612. The van der Waals surface area contributed by atoms with E-state index in [1.54, 1.807) is 0 Å². The molecule has 0 bridgehead atoms. The summed E-state index contributed by atoms with van der Waals surface area (Å²) in [7, 11) is 0. The summed E-state index contributed by atoms with van der Waals surface area (Å²) in [4.78, 5) is 4.77. The molecule has 0 saturated heterocycles. The van der Waals surface area contributed by atoms with Gasteiger partial charge in [-0.3, -0.25) is 0 Å². The number of rotatable bonds is 5. The van der Waals surface area contributed by atoms with Crippen LogP contribution in [0.4, 0.5) is 5.82 Å². The Morgan fingerprint density at radius 2 is 1.75 bits per heavy atom. The van der Waals surface area contributed by atoms with E-state index in [-0.39, 0.29) is 0 Å². The number of nitrogens with zero attached hydrogens (tertiary/aromatic N) is 2. The number of aryl methyl sites for hydroxylation is 3. The average Bonchev–Trinajstić information content (AvgIpc) is 2.72. The molecule has 0 fully saturated rings. The number of nitrogens with two attached hydrogens (primary N) is 1. The molecule has 108 valence electrons. The van der Waals surface area contributed by atoms with Crippen molar-refractivity contribution in [2.24, 2.45) is 0 Å². The molecule has 0 aliphatic heterocycles. The molecule has 20 heavy (non-hydrogen) atoms. The van der Waals surface area contributed by atoms with Gasteiger partial charge in [-0.2, -0.15) is 0 Å². The standard InChI is InChI=1S/C17H25N3/c1-5-7-8-20-15(6-2)19-16(17(20)18)14-10-12(3)9-13(4)11-14/h9-11H,5-8,18H2,1-4H3. The van der Waals surface area contributed by atoms with Crippen LogP contribution in [-0.2, 0) is 13.0 Å². The third kappa shape index (κ3) is 2.87. The molecule has 0 unspecified atom stereocenters. The first kappa shape index (κ1) is 14.6. The number of aromatic nitrogens is 2. The Labute approximate surface area is 121 Å². The van der Waals surface area contributed by atoms with E-state index in [2.05, 4.69) is 50.5 Å². The van der Waals surface area contributed by atoms with Gasteiger partial charge < -0.3 is 10.3 Å². The van der Waals surface area contributed by atoms with Crippen LogP contribution in [0, 0.1) is 13.8 Å². The number of imidazole rings is 1. The zero-order chi connectivity index (χ0) is 14.7. The summed E-state index contributed by atoms with van der Waals surface area (Å²) in [6.07, 6.45) is 3.22. The molecule has 0 aliphatic rings. The van der Waals surface area contributed by atoms with E-state index < -0.39 is 0 Å². The molecule has 2 N–H and O–H groups in total. The van der Waals surface area contributed by atoms with Crippen LogP contribution >= 0.6 is 0 Å². The predicted molar refractivity (Wildman–Crippen MR) is 85.8 cm³/mol. The lowest BCUT2D eigenvalue weighted by atomic mass is 10.1. The summed E-state index contributed by atoms with van der Waals surface area (Å²) in [5, 5.41) is 0. The number of hydrogen-bond acceptors (Lipinski definition) is 2. The third-order valence-electron chi connectivity index (χ3n) is 3.63. The van der Waals surface area contributed by atoms with Crippen molar-refractivity contribution < 1.29 is 0 Å². The highest BCUT2D eigenvalue weighted by Crippen LogP contribution is 2.28. The molecular weight excluding hydrogens is 246 g/mol. The summed E-state index contributed by atoms with van der Waals surface area (Å²) in [5.41, 5.74) is 10.9. The van der Waals surface area contributed by atoms with Crippen molar-refractivity contribution in [2.45, 2.75) is 53.5 Å². The first-order chi connectivity index (χ1) is 9.56. The van der Waals surface area contributed by atoms with Crippen LogP contribution in [0.5, 0.6) is 0 Å². The molecule has 2 aromatic rings. The van der Waals surface area contributed by atoms with Crippen molar-refractivity contribution in [2.75, 3.05) is 5.73 Å². The van der Waals surface area contributed by atoms with Crippen LogP contribution in [0.1, 0.15) is 43.6 Å². The number of benzene rings is 1. The summed E-state index contributed by atoms with van der Waals surface area (Å²) < 4.78 is 2.18. The first-order valence-corrected chi connectivity index (χ1v) is 7.50. The minimum Gasteiger partial charge on any atom is -0.383 e. The number of hydrogen-bond donors (Lipinski definition) is 1. The van der Waals surface area contributed by atoms with E-state index >= 15 is 0 Å². The van der Waals surface area contributed by atoms with Crippen LogP contribution in [0.2, 0.25) is 0 Å². The average molecular weight is 271 g/mol. The lowest BCUT2D eigenvalue weighted by Gasteiger charge is -2.08. The van der Waals surface area contributed by atoms with Gasteiger partial charge in [0.05, 0.1) is 0 Å². The molecule has 1 aromatic heterocycles. The highest BCUT2D eigenvalue weighted by Gasteiger charge is 2.15. The molecule has 3 nitrogen and oxygen atoms in total. The summed E-state index contributed by atoms with van der Waals surface area (Å²) >= 11 is 0. The first-order valence-electron chi connectivity index (χ1n) is 7.50. The van der Waals surface area contributed by atoms with Crippen LogP contribution in [-0.4, -0.2) is 9.55 Å². The van der Waals surface area contributed by atoms with Gasteiger partial charge in [-0.15, -0.1) is 0 Å². The number of unbranched alkanes of at least 4 members (excludes halogenated alkanes) is 1. The van der Waals surface area contributed by atoms with Crippen molar-refractivity contribution in [1.82, 2.24) is 9.55 Å². The van der Waals surface area contributed by atoms with Crippen molar-refractivity contribution in [3.8, 4) is 11.3 Å². The van der Waals surface area contributed by atoms with Crippen LogP contribution in [0.15, 0.2) is 18.2 Å². The van der Waals surface area contributed by atoms with Crippen molar-refractivity contribution >= 4 is 5.82 Å². The van der Waals surface area contributed by atoms with Gasteiger partial charge in [-0.1, -0.05) is 37.5 Å². The smallest absolute Gasteiger partial charge is 0.131 e. The second kappa shape index (κ2) is 6.12. The maximum atomic E-state index is 6.35. The van der Waals surface area contributed by atoms with E-state index in [1.165, 1.54) is 17.5 Å². The van der Waals surface area contributed by atoms with Crippen molar-refractivity contribution in [3.63, 3.8) is 0 Å². The molecule has 0 radical (unpaired) electrons. The number of nitrogen functional groups attached to an aromatic ring is 1. The Morgan fingerprint density at radius 1 is 1.10 bits per heavy atom. The van der Waals surface area contributed by atoms with E-state index in [9.17, 15) is 0 Å². The maximum Gasteiger partial charge on any atom is 0.131 e. The SMILES string of the molecule is CCCCn1c(CC)nc(-c2cc(C)cc(C)c2)c1N. The summed E-state index contributed by atoms with van der Waals surface area (Å²) in [6.45, 7) is 9.52. The molecular formula is C17H25N3. The van der Waals surface area contributed by atoms with Crippen LogP contribution < -0.4 is 5.73 Å². The van der Waals surface area contributed by atoms with Gasteiger partial charge in [0.15, 0.2) is 0 Å². The van der Waals surface area contributed by atoms with Gasteiger partial charge in [0.25, 0.3) is 0 Å². The fourth-order valence-electron chi connectivity index (χ4n) is 2.67. The molecule has 0 amide bonds. The van der Waals surface area contributed by atoms with Gasteiger partial charge in [-0.25, -0.2) is 4.98 Å². The van der Waals surface area contributed by atoms with Gasteiger partial charge in [0.1, 0.15) is 17.3 Å². The molecule has 0 spiro atoms. The monoisotopic (exact) mass is 271 g/mol. The van der Waals surface area contributed by atoms with Crippen molar-refractivity contribution in [1.29, 1.82) is 0 Å². The maximum absolute atomic E-state index is 6.35. The molecule has 0 saturated carbocycles. The second-order valence-electron chi connectivity index (χ2n) is 5.50. The third-order valence-corrected chi connectivity index (χ3v) is 3.63. The Hall–Kier alpha value is -1.77. The Balaban J connectivity index is 2.48. The molecule has 3 heteroatoms. The van der Waals surface area contributed by atoms with Crippen molar-refractivity contribution in [3.05, 3.63) is 35.2 Å². The summed E-state index contributed by atoms with van der Waals surface area (Å²) in [5.74, 6) is 1.89. The molecule has 0 aliphatic carbocycles. The predicted octanol–water partition coefficient (Wildman–Crippen LogP) is 4.11. The van der Waals surface area contributed by atoms with E-state index in [0.29, 0.717) is 0 Å². The van der Waals surface area contributed by atoms with E-state index in [1.807, 2.05) is 0 Å². The van der Waals surface area contributed by atoms with Gasteiger partial charge in [0.2, 0.25) is 0 Å². The second-order valence-corrected chi connectivity index (χ2v) is 5.50. The fraction of sp³-hybridized carbons (Fsp3) is 0.471. The minimum absolute atomic E-state index is 0.806. The topological polar surface area (TPSA) is 43.8 Å². The fourth-order valence-corrected chi connectivity index (χ4v) is 2.67. The zero-order valence-electron chi connectivity index (χ0n) is 13.0. The molecule has 1 heterocycles. The quantitative estimate of drug-likeness (QED) is 0.889. The molecule has 1 aromatic carbocycles. The zero-order valence-corrected chi connectivity index (χ0v) is 13.0. The Morgan fingerprint density at radius 3 is 2.30 bits per heavy atom. The summed E-state index contributed by atoms with van der Waals surface area (Å²) in [6, 6.07) is 6.50. The minimum atomic E-state index is 0.806. The Bertz CT molecular complexity index is 576. The van der Waals surface area contributed by atoms with E-state index in [4.69, 9.17) is 10.7 Å². The Kier molecular flexibility index (Phi) is 4.48. The van der Waals surface area contributed by atoms with Crippen LogP contribution in [0.3, 0.4) is 0 Å². The van der Waals surface area contributed by atoms with Gasteiger partial charge in [-0.05, 0) is 32.4 Å². The molecule has 2 rings (SSSR count). The largest absolute Gasteiger partial charge is 0.383 e. The van der Waals surface area contributed by atoms with E-state index in [0.717, 1.165) is 42.3 Å². The normalized spacial score (nSPS) is 11.0. The lowest BCUT2D eigenvalue weighted by Crippen LogP contribution is -2.06. The van der Waals surface area contributed by atoms with Crippen LogP contribution in [0.25, 0.3) is 11.3 Å². The van der Waals surface area contributed by atoms with Gasteiger partial charge in [0, 0.05) is 18.5 Å². The molecule has 0 atom stereocenters.